The molecule has 3 aromatic rings. The third-order valence-corrected chi connectivity index (χ3v) is 5.68. The van der Waals surface area contributed by atoms with Crippen molar-refractivity contribution in [2.24, 2.45) is 0 Å². The fourth-order valence-corrected chi connectivity index (χ4v) is 4.05. The van der Waals surface area contributed by atoms with Crippen molar-refractivity contribution >= 4 is 11.2 Å². The van der Waals surface area contributed by atoms with Gasteiger partial charge in [-0.1, -0.05) is 12.1 Å². The van der Waals surface area contributed by atoms with Crippen molar-refractivity contribution in [2.45, 2.75) is 65.0 Å². The minimum absolute atomic E-state index is 0.169. The SMILES string of the molecule is CC(C)n1c(=O)n(CCCOC2CCCCO2)c(=O)c2c1ncn2Cc1ccc(F)cc1. The Kier molecular flexibility index (Phi) is 6.86. The van der Waals surface area contributed by atoms with Gasteiger partial charge in [0.1, 0.15) is 5.82 Å². The molecule has 3 heterocycles. The molecule has 0 radical (unpaired) electrons. The van der Waals surface area contributed by atoms with Crippen LogP contribution in [0.25, 0.3) is 11.2 Å². The highest BCUT2D eigenvalue weighted by Gasteiger charge is 2.20. The van der Waals surface area contributed by atoms with Crippen molar-refractivity contribution in [2.75, 3.05) is 13.2 Å². The van der Waals surface area contributed by atoms with Crippen molar-refractivity contribution in [3.63, 3.8) is 0 Å². The summed E-state index contributed by atoms with van der Waals surface area (Å²) in [4.78, 5) is 30.8. The molecule has 8 nitrogen and oxygen atoms in total. The Morgan fingerprint density at radius 2 is 2.00 bits per heavy atom. The fraction of sp³-hybridized carbons (Fsp3) is 0.522. The maximum Gasteiger partial charge on any atom is 0.332 e. The number of hydrogen-bond donors (Lipinski definition) is 0. The first kappa shape index (κ1) is 22.4. The summed E-state index contributed by atoms with van der Waals surface area (Å²) in [5, 5.41) is 0. The predicted octanol–water partition coefficient (Wildman–Crippen LogP) is 3.06. The Morgan fingerprint density at radius 1 is 1.22 bits per heavy atom. The van der Waals surface area contributed by atoms with Crippen LogP contribution in [-0.2, 0) is 22.6 Å². The molecule has 0 N–H and O–H groups in total. The highest BCUT2D eigenvalue weighted by molar-refractivity contribution is 5.70. The Balaban J connectivity index is 1.62. The molecule has 0 aliphatic carbocycles. The van der Waals surface area contributed by atoms with Gasteiger partial charge in [-0.05, 0) is 57.2 Å². The molecule has 1 aliphatic heterocycles. The van der Waals surface area contributed by atoms with Gasteiger partial charge in [0.2, 0.25) is 0 Å². The average Bonchev–Trinajstić information content (AvgIpc) is 3.18. The van der Waals surface area contributed by atoms with Crippen molar-refractivity contribution in [1.82, 2.24) is 18.7 Å². The number of rotatable bonds is 8. The van der Waals surface area contributed by atoms with Crippen LogP contribution in [0.2, 0.25) is 0 Å². The summed E-state index contributed by atoms with van der Waals surface area (Å²) >= 11 is 0. The Hall–Kier alpha value is -2.78. The van der Waals surface area contributed by atoms with Gasteiger partial charge in [-0.25, -0.2) is 14.2 Å². The van der Waals surface area contributed by atoms with Gasteiger partial charge in [0.15, 0.2) is 17.5 Å². The summed E-state index contributed by atoms with van der Waals surface area (Å²) in [7, 11) is 0. The number of fused-ring (bicyclic) bond motifs is 1. The monoisotopic (exact) mass is 444 g/mol. The van der Waals surface area contributed by atoms with E-state index in [0.717, 1.165) is 24.8 Å². The largest absolute Gasteiger partial charge is 0.353 e. The molecule has 32 heavy (non-hydrogen) atoms. The lowest BCUT2D eigenvalue weighted by atomic mass is 10.2. The van der Waals surface area contributed by atoms with E-state index in [2.05, 4.69) is 4.98 Å². The van der Waals surface area contributed by atoms with Gasteiger partial charge in [0, 0.05) is 25.7 Å². The molecule has 1 unspecified atom stereocenters. The second-order valence-corrected chi connectivity index (χ2v) is 8.39. The van der Waals surface area contributed by atoms with Gasteiger partial charge in [-0.3, -0.25) is 13.9 Å². The first-order valence-corrected chi connectivity index (χ1v) is 11.1. The Morgan fingerprint density at radius 3 is 2.69 bits per heavy atom. The lowest BCUT2D eigenvalue weighted by Gasteiger charge is -2.22. The molecule has 0 spiro atoms. The summed E-state index contributed by atoms with van der Waals surface area (Å²) < 4.78 is 29.1. The molecule has 1 saturated heterocycles. The van der Waals surface area contributed by atoms with E-state index in [1.54, 1.807) is 27.6 Å². The Labute approximate surface area is 185 Å². The summed E-state index contributed by atoms with van der Waals surface area (Å²) in [6.45, 7) is 5.48. The van der Waals surface area contributed by atoms with Gasteiger partial charge in [0.05, 0.1) is 12.9 Å². The summed E-state index contributed by atoms with van der Waals surface area (Å²) in [5.41, 5.74) is 0.799. The quantitative estimate of drug-likeness (QED) is 0.499. The second-order valence-electron chi connectivity index (χ2n) is 8.39. The maximum absolute atomic E-state index is 13.3. The highest BCUT2D eigenvalue weighted by Crippen LogP contribution is 2.15. The predicted molar refractivity (Wildman–Crippen MR) is 118 cm³/mol. The van der Waals surface area contributed by atoms with Gasteiger partial charge in [0.25, 0.3) is 5.56 Å². The highest BCUT2D eigenvalue weighted by atomic mass is 19.1. The maximum atomic E-state index is 13.3. The van der Waals surface area contributed by atoms with E-state index in [-0.39, 0.29) is 35.9 Å². The van der Waals surface area contributed by atoms with E-state index in [9.17, 15) is 14.0 Å². The number of imidazole rings is 1. The number of benzene rings is 1. The van der Waals surface area contributed by atoms with Gasteiger partial charge in [-0.2, -0.15) is 0 Å². The second kappa shape index (κ2) is 9.79. The molecule has 1 aliphatic rings. The van der Waals surface area contributed by atoms with Gasteiger partial charge >= 0.3 is 5.69 Å². The van der Waals surface area contributed by atoms with Crippen LogP contribution in [0, 0.1) is 5.82 Å². The molecular weight excluding hydrogens is 415 g/mol. The molecule has 0 saturated carbocycles. The smallest absolute Gasteiger partial charge is 0.332 e. The normalized spacial score (nSPS) is 16.8. The first-order chi connectivity index (χ1) is 15.5. The molecule has 1 fully saturated rings. The van der Waals surface area contributed by atoms with Crippen LogP contribution in [0.3, 0.4) is 0 Å². The lowest BCUT2D eigenvalue weighted by molar-refractivity contribution is -0.163. The standard InChI is InChI=1S/C23H29FN4O4/c1-16(2)28-21-20(26(15-25-21)14-17-7-9-18(24)10-8-17)22(29)27(23(28)30)11-5-13-32-19-6-3-4-12-31-19/h7-10,15-16,19H,3-6,11-14H2,1-2H3. The fourth-order valence-electron chi connectivity index (χ4n) is 4.05. The van der Waals surface area contributed by atoms with Crippen molar-refractivity contribution in [3.8, 4) is 0 Å². The summed E-state index contributed by atoms with van der Waals surface area (Å²) in [6.07, 6.45) is 4.88. The third-order valence-electron chi connectivity index (χ3n) is 5.68. The van der Waals surface area contributed by atoms with E-state index < -0.39 is 0 Å². The van der Waals surface area contributed by atoms with Crippen molar-refractivity contribution in [3.05, 3.63) is 62.8 Å². The zero-order valence-electron chi connectivity index (χ0n) is 18.5. The number of aromatic nitrogens is 4. The minimum atomic E-state index is -0.379. The van der Waals surface area contributed by atoms with Crippen LogP contribution in [0.4, 0.5) is 4.39 Å². The van der Waals surface area contributed by atoms with Gasteiger partial charge in [-0.15, -0.1) is 0 Å². The topological polar surface area (TPSA) is 80.3 Å². The van der Waals surface area contributed by atoms with E-state index in [1.807, 2.05) is 13.8 Å². The summed E-state index contributed by atoms with van der Waals surface area (Å²) in [6, 6.07) is 5.93. The molecule has 1 atom stereocenters. The van der Waals surface area contributed by atoms with Crippen LogP contribution >= 0.6 is 0 Å². The van der Waals surface area contributed by atoms with E-state index >= 15 is 0 Å². The molecule has 172 valence electrons. The van der Waals surface area contributed by atoms with Crippen molar-refractivity contribution in [1.29, 1.82) is 0 Å². The number of halogens is 1. The molecule has 2 aromatic heterocycles. The first-order valence-electron chi connectivity index (χ1n) is 11.1. The molecule has 1 aromatic carbocycles. The van der Waals surface area contributed by atoms with E-state index in [0.29, 0.717) is 37.3 Å². The number of hydrogen-bond acceptors (Lipinski definition) is 5. The molecule has 9 heteroatoms. The average molecular weight is 445 g/mol. The molecule has 4 rings (SSSR count). The van der Waals surface area contributed by atoms with E-state index in [1.165, 1.54) is 16.7 Å². The summed E-state index contributed by atoms with van der Waals surface area (Å²) in [5.74, 6) is -0.318. The van der Waals surface area contributed by atoms with Gasteiger partial charge < -0.3 is 14.0 Å². The Bertz CT molecular complexity index is 1170. The lowest BCUT2D eigenvalue weighted by Crippen LogP contribution is -2.41. The molecular formula is C23H29FN4O4. The number of nitrogens with zero attached hydrogens (tertiary/aromatic N) is 4. The minimum Gasteiger partial charge on any atom is -0.353 e. The van der Waals surface area contributed by atoms with Crippen LogP contribution in [0.5, 0.6) is 0 Å². The van der Waals surface area contributed by atoms with Crippen LogP contribution in [0.15, 0.2) is 40.2 Å². The molecule has 0 amide bonds. The van der Waals surface area contributed by atoms with Crippen LogP contribution < -0.4 is 11.2 Å². The zero-order chi connectivity index (χ0) is 22.7. The molecule has 0 bridgehead atoms. The van der Waals surface area contributed by atoms with Crippen LogP contribution in [-0.4, -0.2) is 38.2 Å². The van der Waals surface area contributed by atoms with E-state index in [4.69, 9.17) is 9.47 Å². The van der Waals surface area contributed by atoms with Crippen LogP contribution in [0.1, 0.15) is 51.1 Å². The number of ether oxygens (including phenoxy) is 2. The van der Waals surface area contributed by atoms with Crippen molar-refractivity contribution < 1.29 is 13.9 Å². The third kappa shape index (κ3) is 4.68. The zero-order valence-corrected chi connectivity index (χ0v) is 18.5.